The van der Waals surface area contributed by atoms with E-state index in [0.717, 1.165) is 21.9 Å². The third kappa shape index (κ3) is 2.54. The van der Waals surface area contributed by atoms with Crippen LogP contribution < -0.4 is 10.2 Å². The standard InChI is InChI=1S/C21H15N3O3/c25-20-17(11-13-7-9-22-10-8-13)23-21(26)24(20)14-5-6-16-15-3-1-2-4-18(15)27-19(16)12-14/h1-10,12,17H,11H2,(H,23,26). The SMILES string of the molecule is O=C1NC(Cc2ccncc2)C(=O)N1c1ccc2c(c1)oc1ccccc12. The number of amides is 3. The number of furan rings is 1. The number of aromatic nitrogens is 1. The number of para-hydroxylation sites is 1. The zero-order valence-electron chi connectivity index (χ0n) is 14.3. The Hall–Kier alpha value is -3.67. The first-order valence-corrected chi connectivity index (χ1v) is 8.65. The average Bonchev–Trinajstić information content (AvgIpc) is 3.19. The Morgan fingerprint density at radius 1 is 0.963 bits per heavy atom. The summed E-state index contributed by atoms with van der Waals surface area (Å²) in [7, 11) is 0. The third-order valence-corrected chi connectivity index (χ3v) is 4.83. The van der Waals surface area contributed by atoms with Crippen LogP contribution >= 0.6 is 0 Å². The molecule has 1 N–H and O–H groups in total. The lowest BCUT2D eigenvalue weighted by molar-refractivity contribution is -0.118. The number of benzene rings is 2. The first-order valence-electron chi connectivity index (χ1n) is 8.65. The van der Waals surface area contributed by atoms with Crippen molar-refractivity contribution >= 4 is 39.6 Å². The Bertz CT molecular complexity index is 1180. The Labute approximate surface area is 154 Å². The van der Waals surface area contributed by atoms with Crippen molar-refractivity contribution in [2.75, 3.05) is 4.90 Å². The average molecular weight is 357 g/mol. The molecule has 1 saturated heterocycles. The maximum absolute atomic E-state index is 12.8. The molecule has 3 heterocycles. The number of rotatable bonds is 3. The summed E-state index contributed by atoms with van der Waals surface area (Å²) in [6, 6.07) is 15.8. The van der Waals surface area contributed by atoms with Gasteiger partial charge in [0.05, 0.1) is 5.69 Å². The minimum Gasteiger partial charge on any atom is -0.456 e. The second-order valence-electron chi connectivity index (χ2n) is 6.51. The van der Waals surface area contributed by atoms with Crippen molar-refractivity contribution in [1.82, 2.24) is 10.3 Å². The quantitative estimate of drug-likeness (QED) is 0.568. The maximum Gasteiger partial charge on any atom is 0.329 e. The van der Waals surface area contributed by atoms with Gasteiger partial charge in [0.2, 0.25) is 0 Å². The lowest BCUT2D eigenvalue weighted by atomic mass is 10.1. The van der Waals surface area contributed by atoms with Crippen molar-refractivity contribution in [2.24, 2.45) is 0 Å². The van der Waals surface area contributed by atoms with E-state index in [9.17, 15) is 9.59 Å². The van der Waals surface area contributed by atoms with Gasteiger partial charge in [-0.25, -0.2) is 9.69 Å². The topological polar surface area (TPSA) is 75.4 Å². The summed E-state index contributed by atoms with van der Waals surface area (Å²) in [6.07, 6.45) is 3.77. The molecule has 2 aromatic carbocycles. The van der Waals surface area contributed by atoms with Crippen molar-refractivity contribution in [3.8, 4) is 0 Å². The second kappa shape index (κ2) is 5.95. The minimum absolute atomic E-state index is 0.271. The number of carbonyl (C=O) groups excluding carboxylic acids is 2. The van der Waals surface area contributed by atoms with Crippen LogP contribution in [0.15, 0.2) is 71.4 Å². The highest BCUT2D eigenvalue weighted by Crippen LogP contribution is 2.32. The molecule has 1 aliphatic rings. The van der Waals surface area contributed by atoms with E-state index >= 15 is 0 Å². The van der Waals surface area contributed by atoms with Crippen LogP contribution in [0.4, 0.5) is 10.5 Å². The van der Waals surface area contributed by atoms with Crippen molar-refractivity contribution in [3.05, 3.63) is 72.6 Å². The van der Waals surface area contributed by atoms with Gasteiger partial charge in [-0.15, -0.1) is 0 Å². The number of pyridine rings is 1. The number of hydrogen-bond acceptors (Lipinski definition) is 4. The lowest BCUT2D eigenvalue weighted by Gasteiger charge is -2.13. The van der Waals surface area contributed by atoms with Crippen molar-refractivity contribution < 1.29 is 14.0 Å². The van der Waals surface area contributed by atoms with E-state index in [1.807, 2.05) is 42.5 Å². The number of imide groups is 1. The zero-order valence-corrected chi connectivity index (χ0v) is 14.3. The molecule has 0 aliphatic carbocycles. The van der Waals surface area contributed by atoms with Crippen LogP contribution in [-0.2, 0) is 11.2 Å². The number of hydrogen-bond donors (Lipinski definition) is 1. The number of carbonyl (C=O) groups is 2. The Morgan fingerprint density at radius 2 is 1.74 bits per heavy atom. The van der Waals surface area contributed by atoms with Crippen LogP contribution in [0.2, 0.25) is 0 Å². The number of nitrogens with zero attached hydrogens (tertiary/aromatic N) is 2. The van der Waals surface area contributed by atoms with E-state index < -0.39 is 12.1 Å². The van der Waals surface area contributed by atoms with E-state index in [1.165, 1.54) is 4.90 Å². The zero-order chi connectivity index (χ0) is 18.4. The predicted molar refractivity (Wildman–Crippen MR) is 101 cm³/mol. The van der Waals surface area contributed by atoms with Gasteiger partial charge in [-0.1, -0.05) is 18.2 Å². The van der Waals surface area contributed by atoms with Crippen LogP contribution in [0, 0.1) is 0 Å². The number of anilines is 1. The summed E-state index contributed by atoms with van der Waals surface area (Å²) >= 11 is 0. The molecule has 132 valence electrons. The molecule has 6 heteroatoms. The van der Waals surface area contributed by atoms with Gasteiger partial charge in [-0.05, 0) is 35.9 Å². The van der Waals surface area contributed by atoms with E-state index in [4.69, 9.17) is 4.42 Å². The first kappa shape index (κ1) is 15.6. The van der Waals surface area contributed by atoms with Gasteiger partial charge in [0.15, 0.2) is 0 Å². The third-order valence-electron chi connectivity index (χ3n) is 4.83. The molecular weight excluding hydrogens is 342 g/mol. The van der Waals surface area contributed by atoms with E-state index in [1.54, 1.807) is 24.5 Å². The maximum atomic E-state index is 12.8. The predicted octanol–water partition coefficient (Wildman–Crippen LogP) is 3.65. The molecule has 0 radical (unpaired) electrons. The molecule has 0 saturated carbocycles. The lowest BCUT2D eigenvalue weighted by Crippen LogP contribution is -2.32. The largest absolute Gasteiger partial charge is 0.456 e. The Balaban J connectivity index is 1.49. The second-order valence-corrected chi connectivity index (χ2v) is 6.51. The molecule has 1 unspecified atom stereocenters. The summed E-state index contributed by atoms with van der Waals surface area (Å²) in [5.74, 6) is -0.271. The summed E-state index contributed by atoms with van der Waals surface area (Å²) in [5.41, 5.74) is 2.86. The number of fused-ring (bicyclic) bond motifs is 3. The highest BCUT2D eigenvalue weighted by atomic mass is 16.3. The van der Waals surface area contributed by atoms with Crippen molar-refractivity contribution in [1.29, 1.82) is 0 Å². The highest BCUT2D eigenvalue weighted by Gasteiger charge is 2.39. The smallest absolute Gasteiger partial charge is 0.329 e. The fourth-order valence-corrected chi connectivity index (χ4v) is 3.52. The van der Waals surface area contributed by atoms with Gasteiger partial charge >= 0.3 is 6.03 Å². The molecule has 1 aliphatic heterocycles. The summed E-state index contributed by atoms with van der Waals surface area (Å²) in [4.78, 5) is 30.4. The molecule has 3 amide bonds. The molecule has 0 bridgehead atoms. The van der Waals surface area contributed by atoms with Gasteiger partial charge in [0.25, 0.3) is 5.91 Å². The van der Waals surface area contributed by atoms with Gasteiger partial charge in [-0.2, -0.15) is 0 Å². The van der Waals surface area contributed by atoms with Crippen molar-refractivity contribution in [2.45, 2.75) is 12.5 Å². The first-order chi connectivity index (χ1) is 13.2. The Kier molecular flexibility index (Phi) is 3.43. The van der Waals surface area contributed by atoms with E-state index in [0.29, 0.717) is 17.7 Å². The van der Waals surface area contributed by atoms with Crippen molar-refractivity contribution in [3.63, 3.8) is 0 Å². The van der Waals surface area contributed by atoms with Gasteiger partial charge in [0.1, 0.15) is 17.2 Å². The molecule has 27 heavy (non-hydrogen) atoms. The number of urea groups is 1. The van der Waals surface area contributed by atoms with E-state index in [2.05, 4.69) is 10.3 Å². The van der Waals surface area contributed by atoms with Crippen LogP contribution in [0.1, 0.15) is 5.56 Å². The molecule has 4 aromatic rings. The van der Waals surface area contributed by atoms with Gasteiger partial charge in [-0.3, -0.25) is 9.78 Å². The molecule has 5 rings (SSSR count). The molecule has 1 atom stereocenters. The molecule has 1 fully saturated rings. The minimum atomic E-state index is -0.591. The number of nitrogens with one attached hydrogen (secondary N) is 1. The summed E-state index contributed by atoms with van der Waals surface area (Å²) in [6.45, 7) is 0. The monoisotopic (exact) mass is 357 g/mol. The Morgan fingerprint density at radius 3 is 2.59 bits per heavy atom. The molecule has 6 nitrogen and oxygen atoms in total. The van der Waals surface area contributed by atoms with Gasteiger partial charge in [0, 0.05) is 35.7 Å². The van der Waals surface area contributed by atoms with Crippen LogP contribution in [0.5, 0.6) is 0 Å². The van der Waals surface area contributed by atoms with Gasteiger partial charge < -0.3 is 9.73 Å². The summed E-state index contributed by atoms with van der Waals surface area (Å²) < 4.78 is 5.87. The van der Waals surface area contributed by atoms with Crippen LogP contribution in [0.25, 0.3) is 21.9 Å². The normalized spacial score (nSPS) is 17.0. The summed E-state index contributed by atoms with van der Waals surface area (Å²) in [5, 5.41) is 4.72. The molecular formula is C21H15N3O3. The molecule has 0 spiro atoms. The highest BCUT2D eigenvalue weighted by molar-refractivity contribution is 6.22. The molecule has 2 aromatic heterocycles. The van der Waals surface area contributed by atoms with Crippen LogP contribution in [-0.4, -0.2) is 23.0 Å². The fourth-order valence-electron chi connectivity index (χ4n) is 3.52. The van der Waals surface area contributed by atoms with Crippen LogP contribution in [0.3, 0.4) is 0 Å². The van der Waals surface area contributed by atoms with E-state index in [-0.39, 0.29) is 5.91 Å². The fraction of sp³-hybridized carbons (Fsp3) is 0.0952.